The van der Waals surface area contributed by atoms with Crippen LogP contribution in [0.2, 0.25) is 0 Å². The van der Waals surface area contributed by atoms with E-state index < -0.39 is 5.54 Å². The Morgan fingerprint density at radius 1 is 1.29 bits per heavy atom. The number of methoxy groups -OCH3 is 1. The number of nitrogens with zero attached hydrogens (tertiary/aromatic N) is 1. The molecule has 0 aromatic rings. The number of rotatable bonds is 8. The van der Waals surface area contributed by atoms with Gasteiger partial charge in [-0.15, -0.1) is 0 Å². The Balaban J connectivity index is 2.25. The zero-order chi connectivity index (χ0) is 15.9. The van der Waals surface area contributed by atoms with Crippen molar-refractivity contribution in [1.82, 2.24) is 10.2 Å². The predicted octanol–water partition coefficient (Wildman–Crippen LogP) is 2.82. The Kier molecular flexibility index (Phi) is 7.67. The first kappa shape index (κ1) is 18.4. The Bertz CT molecular complexity index is 314. The molecule has 0 bridgehead atoms. The van der Waals surface area contributed by atoms with E-state index in [4.69, 9.17) is 4.74 Å². The van der Waals surface area contributed by atoms with Gasteiger partial charge in [-0.2, -0.15) is 0 Å². The summed E-state index contributed by atoms with van der Waals surface area (Å²) in [4.78, 5) is 14.3. The highest BCUT2D eigenvalue weighted by Gasteiger charge is 2.31. The van der Waals surface area contributed by atoms with Crippen molar-refractivity contribution in [3.8, 4) is 0 Å². The number of nitrogens with one attached hydrogen (secondary N) is 1. The van der Waals surface area contributed by atoms with Crippen LogP contribution < -0.4 is 5.32 Å². The minimum Gasteiger partial charge on any atom is -0.468 e. The van der Waals surface area contributed by atoms with Gasteiger partial charge in [-0.05, 0) is 78.4 Å². The minimum atomic E-state index is -0.548. The SMILES string of the molecule is CNC(C)(CCCCN(C)C1CCC(C)CC1)C(=O)OC. The van der Waals surface area contributed by atoms with Crippen molar-refractivity contribution in [3.63, 3.8) is 0 Å². The van der Waals surface area contributed by atoms with Crippen molar-refractivity contribution in [2.75, 3.05) is 27.7 Å². The first-order valence-corrected chi connectivity index (χ1v) is 8.40. The second-order valence-electron chi connectivity index (χ2n) is 6.93. The van der Waals surface area contributed by atoms with E-state index in [-0.39, 0.29) is 5.97 Å². The van der Waals surface area contributed by atoms with E-state index in [2.05, 4.69) is 24.2 Å². The van der Waals surface area contributed by atoms with Crippen LogP contribution >= 0.6 is 0 Å². The maximum absolute atomic E-state index is 11.8. The monoisotopic (exact) mass is 298 g/mol. The predicted molar refractivity (Wildman–Crippen MR) is 87.4 cm³/mol. The van der Waals surface area contributed by atoms with Gasteiger partial charge < -0.3 is 15.0 Å². The first-order valence-electron chi connectivity index (χ1n) is 8.40. The Morgan fingerprint density at radius 2 is 1.90 bits per heavy atom. The Labute approximate surface area is 130 Å². The molecular formula is C17H34N2O2. The van der Waals surface area contributed by atoms with E-state index in [0.29, 0.717) is 0 Å². The maximum atomic E-state index is 11.8. The molecule has 4 heteroatoms. The number of esters is 1. The van der Waals surface area contributed by atoms with Gasteiger partial charge in [-0.1, -0.05) is 6.92 Å². The number of ether oxygens (including phenoxy) is 1. The molecule has 0 spiro atoms. The third-order valence-electron chi connectivity index (χ3n) is 5.23. The summed E-state index contributed by atoms with van der Waals surface area (Å²) in [5.74, 6) is 0.741. The Morgan fingerprint density at radius 3 is 2.43 bits per heavy atom. The third-order valence-corrected chi connectivity index (χ3v) is 5.23. The highest BCUT2D eigenvalue weighted by atomic mass is 16.5. The second kappa shape index (κ2) is 8.74. The van der Waals surface area contributed by atoms with E-state index in [0.717, 1.165) is 37.8 Å². The number of hydrogen-bond acceptors (Lipinski definition) is 4. The van der Waals surface area contributed by atoms with Crippen molar-refractivity contribution in [1.29, 1.82) is 0 Å². The molecule has 0 amide bonds. The van der Waals surface area contributed by atoms with E-state index >= 15 is 0 Å². The van der Waals surface area contributed by atoms with Gasteiger partial charge in [0.1, 0.15) is 5.54 Å². The van der Waals surface area contributed by atoms with Crippen LogP contribution in [0.5, 0.6) is 0 Å². The fraction of sp³-hybridized carbons (Fsp3) is 0.941. The molecule has 1 aliphatic rings. The average Bonchev–Trinajstić information content (AvgIpc) is 2.50. The van der Waals surface area contributed by atoms with Gasteiger partial charge in [0.2, 0.25) is 0 Å². The van der Waals surface area contributed by atoms with Crippen molar-refractivity contribution >= 4 is 5.97 Å². The fourth-order valence-corrected chi connectivity index (χ4v) is 3.26. The number of likely N-dealkylation sites (N-methyl/N-ethyl adjacent to an activating group) is 1. The van der Waals surface area contributed by atoms with Crippen molar-refractivity contribution in [3.05, 3.63) is 0 Å². The molecule has 4 nitrogen and oxygen atoms in total. The van der Waals surface area contributed by atoms with Crippen LogP contribution in [0.4, 0.5) is 0 Å². The minimum absolute atomic E-state index is 0.167. The molecule has 0 aliphatic heterocycles. The van der Waals surface area contributed by atoms with E-state index in [1.807, 2.05) is 14.0 Å². The molecule has 1 atom stereocenters. The summed E-state index contributed by atoms with van der Waals surface area (Å²) in [6, 6.07) is 0.762. The van der Waals surface area contributed by atoms with Gasteiger partial charge in [-0.25, -0.2) is 0 Å². The molecule has 1 fully saturated rings. The highest BCUT2D eigenvalue weighted by molar-refractivity contribution is 5.80. The highest BCUT2D eigenvalue weighted by Crippen LogP contribution is 2.26. The van der Waals surface area contributed by atoms with Crippen molar-refractivity contribution < 1.29 is 9.53 Å². The molecule has 0 radical (unpaired) electrons. The fourth-order valence-electron chi connectivity index (χ4n) is 3.26. The van der Waals surface area contributed by atoms with Crippen LogP contribution in [0.25, 0.3) is 0 Å². The summed E-state index contributed by atoms with van der Waals surface area (Å²) in [6.07, 6.45) is 8.43. The molecule has 0 saturated heterocycles. The van der Waals surface area contributed by atoms with Crippen molar-refractivity contribution in [2.45, 2.75) is 70.4 Å². The zero-order valence-corrected chi connectivity index (χ0v) is 14.6. The average molecular weight is 298 g/mol. The van der Waals surface area contributed by atoms with Gasteiger partial charge in [0.25, 0.3) is 0 Å². The smallest absolute Gasteiger partial charge is 0.325 e. The number of carbonyl (C=O) groups excluding carboxylic acids is 1. The molecule has 1 N–H and O–H groups in total. The Hall–Kier alpha value is -0.610. The normalized spacial score (nSPS) is 25.6. The third kappa shape index (κ3) is 5.59. The second-order valence-corrected chi connectivity index (χ2v) is 6.93. The molecule has 124 valence electrons. The molecule has 21 heavy (non-hydrogen) atoms. The van der Waals surface area contributed by atoms with Crippen LogP contribution in [0.1, 0.15) is 58.8 Å². The molecule has 0 aromatic carbocycles. The van der Waals surface area contributed by atoms with Gasteiger partial charge >= 0.3 is 5.97 Å². The largest absolute Gasteiger partial charge is 0.468 e. The van der Waals surface area contributed by atoms with Crippen LogP contribution in [-0.4, -0.2) is 50.2 Å². The molecule has 1 saturated carbocycles. The van der Waals surface area contributed by atoms with Gasteiger partial charge in [0.15, 0.2) is 0 Å². The molecule has 0 aromatic heterocycles. The molecule has 0 heterocycles. The quantitative estimate of drug-likeness (QED) is 0.553. The topological polar surface area (TPSA) is 41.6 Å². The number of carbonyl (C=O) groups is 1. The molecule has 1 rings (SSSR count). The number of unbranched alkanes of at least 4 members (excludes halogenated alkanes) is 1. The van der Waals surface area contributed by atoms with Crippen molar-refractivity contribution in [2.24, 2.45) is 5.92 Å². The summed E-state index contributed by atoms with van der Waals surface area (Å²) in [6.45, 7) is 5.41. The first-order chi connectivity index (χ1) is 9.92. The lowest BCUT2D eigenvalue weighted by Crippen LogP contribution is -2.48. The van der Waals surface area contributed by atoms with Crippen LogP contribution in [0.3, 0.4) is 0 Å². The number of hydrogen-bond donors (Lipinski definition) is 1. The standard InChI is InChI=1S/C17H34N2O2/c1-14-8-10-15(11-9-14)19(4)13-7-6-12-17(2,18-3)16(20)21-5/h14-15,18H,6-13H2,1-5H3. The van der Waals surface area contributed by atoms with Crippen LogP contribution in [-0.2, 0) is 9.53 Å². The van der Waals surface area contributed by atoms with Gasteiger partial charge in [0, 0.05) is 6.04 Å². The zero-order valence-electron chi connectivity index (χ0n) is 14.6. The molecular weight excluding hydrogens is 264 g/mol. The van der Waals surface area contributed by atoms with E-state index in [1.54, 1.807) is 0 Å². The lowest BCUT2D eigenvalue weighted by molar-refractivity contribution is -0.148. The summed E-state index contributed by atoms with van der Waals surface area (Å²) >= 11 is 0. The van der Waals surface area contributed by atoms with Crippen LogP contribution in [0.15, 0.2) is 0 Å². The summed E-state index contributed by atoms with van der Waals surface area (Å²) < 4.78 is 4.88. The van der Waals surface area contributed by atoms with Gasteiger partial charge in [0.05, 0.1) is 7.11 Å². The van der Waals surface area contributed by atoms with E-state index in [1.165, 1.54) is 32.8 Å². The lowest BCUT2D eigenvalue weighted by Gasteiger charge is -2.34. The molecule has 1 aliphatic carbocycles. The summed E-state index contributed by atoms with van der Waals surface area (Å²) in [5.41, 5.74) is -0.548. The molecule has 1 unspecified atom stereocenters. The maximum Gasteiger partial charge on any atom is 0.325 e. The van der Waals surface area contributed by atoms with Gasteiger partial charge in [-0.3, -0.25) is 4.79 Å². The van der Waals surface area contributed by atoms with E-state index in [9.17, 15) is 4.79 Å². The van der Waals surface area contributed by atoms with Crippen LogP contribution in [0, 0.1) is 5.92 Å². The summed E-state index contributed by atoms with van der Waals surface area (Å²) in [5, 5.41) is 3.10. The lowest BCUT2D eigenvalue weighted by atomic mass is 9.86. The summed E-state index contributed by atoms with van der Waals surface area (Å²) in [7, 11) is 5.53.